The molecule has 2 N–H and O–H groups in total. The van der Waals surface area contributed by atoms with E-state index in [4.69, 9.17) is 15.2 Å². The first-order valence-corrected chi connectivity index (χ1v) is 5.77. The number of hydrogen-bond acceptors (Lipinski definition) is 4. The highest BCUT2D eigenvalue weighted by atomic mass is 16.5. The lowest BCUT2D eigenvalue weighted by Gasteiger charge is -2.15. The molecule has 2 unspecified atom stereocenters. The Labute approximate surface area is 90.1 Å². The van der Waals surface area contributed by atoms with Crippen LogP contribution in [0.1, 0.15) is 25.7 Å². The lowest BCUT2D eigenvalue weighted by Crippen LogP contribution is -2.35. The van der Waals surface area contributed by atoms with Crippen LogP contribution in [0.3, 0.4) is 0 Å². The maximum absolute atomic E-state index is 11.6. The third-order valence-electron chi connectivity index (χ3n) is 3.36. The third kappa shape index (κ3) is 2.69. The standard InChI is InChI=1S/C11H19NO3/c12-10-7-14-6-9(10)11(13)15-5-8-3-1-2-4-8/h8-10H,1-7,12H2. The Morgan fingerprint density at radius 3 is 2.67 bits per heavy atom. The van der Waals surface area contributed by atoms with E-state index in [9.17, 15) is 4.79 Å². The van der Waals surface area contributed by atoms with Gasteiger partial charge in [-0.2, -0.15) is 0 Å². The summed E-state index contributed by atoms with van der Waals surface area (Å²) in [5, 5.41) is 0. The lowest BCUT2D eigenvalue weighted by molar-refractivity contribution is -0.150. The van der Waals surface area contributed by atoms with Gasteiger partial charge in [0.25, 0.3) is 0 Å². The van der Waals surface area contributed by atoms with Gasteiger partial charge in [0.05, 0.1) is 25.7 Å². The molecule has 2 atom stereocenters. The van der Waals surface area contributed by atoms with Crippen LogP contribution in [0.25, 0.3) is 0 Å². The highest BCUT2D eigenvalue weighted by Gasteiger charge is 2.33. The van der Waals surface area contributed by atoms with Gasteiger partial charge in [-0.15, -0.1) is 0 Å². The molecule has 0 aromatic carbocycles. The summed E-state index contributed by atoms with van der Waals surface area (Å²) in [5.41, 5.74) is 5.74. The van der Waals surface area contributed by atoms with Crippen molar-refractivity contribution in [3.8, 4) is 0 Å². The van der Waals surface area contributed by atoms with Crippen LogP contribution in [0.4, 0.5) is 0 Å². The van der Waals surface area contributed by atoms with E-state index in [0.717, 1.165) is 0 Å². The molecular weight excluding hydrogens is 194 g/mol. The maximum Gasteiger partial charge on any atom is 0.312 e. The Hall–Kier alpha value is -0.610. The summed E-state index contributed by atoms with van der Waals surface area (Å²) in [4.78, 5) is 11.6. The molecule has 1 heterocycles. The van der Waals surface area contributed by atoms with Gasteiger partial charge < -0.3 is 15.2 Å². The molecule has 0 radical (unpaired) electrons. The summed E-state index contributed by atoms with van der Waals surface area (Å²) in [5.74, 6) is 0.158. The van der Waals surface area contributed by atoms with Crippen molar-refractivity contribution in [1.29, 1.82) is 0 Å². The fourth-order valence-electron chi connectivity index (χ4n) is 2.30. The van der Waals surface area contributed by atoms with Crippen LogP contribution < -0.4 is 5.73 Å². The highest BCUT2D eigenvalue weighted by molar-refractivity contribution is 5.73. The minimum absolute atomic E-state index is 0.174. The zero-order chi connectivity index (χ0) is 10.7. The molecule has 0 spiro atoms. The topological polar surface area (TPSA) is 61.5 Å². The van der Waals surface area contributed by atoms with Crippen LogP contribution in [0.15, 0.2) is 0 Å². The second-order valence-corrected chi connectivity index (χ2v) is 4.59. The fourth-order valence-corrected chi connectivity index (χ4v) is 2.30. The number of nitrogens with two attached hydrogens (primary N) is 1. The normalized spacial score (nSPS) is 32.1. The average Bonchev–Trinajstić information content (AvgIpc) is 2.84. The molecule has 1 saturated heterocycles. The Balaban J connectivity index is 1.71. The van der Waals surface area contributed by atoms with E-state index >= 15 is 0 Å². The van der Waals surface area contributed by atoms with Crippen molar-refractivity contribution < 1.29 is 14.3 Å². The number of carbonyl (C=O) groups excluding carboxylic acids is 1. The molecule has 0 bridgehead atoms. The van der Waals surface area contributed by atoms with Gasteiger partial charge in [-0.1, -0.05) is 12.8 Å². The van der Waals surface area contributed by atoms with E-state index in [-0.39, 0.29) is 17.9 Å². The summed E-state index contributed by atoms with van der Waals surface area (Å²) in [6, 6.07) is -0.180. The molecule has 0 amide bonds. The average molecular weight is 213 g/mol. The van der Waals surface area contributed by atoms with Gasteiger partial charge in [0, 0.05) is 6.04 Å². The monoisotopic (exact) mass is 213 g/mol. The molecule has 86 valence electrons. The first-order valence-electron chi connectivity index (χ1n) is 5.77. The van der Waals surface area contributed by atoms with Gasteiger partial charge in [-0.3, -0.25) is 4.79 Å². The van der Waals surface area contributed by atoms with E-state index in [2.05, 4.69) is 0 Å². The molecule has 0 aromatic rings. The molecular formula is C11H19NO3. The van der Waals surface area contributed by atoms with Crippen molar-refractivity contribution in [2.45, 2.75) is 31.7 Å². The predicted molar refractivity (Wildman–Crippen MR) is 55.2 cm³/mol. The quantitative estimate of drug-likeness (QED) is 0.701. The summed E-state index contributed by atoms with van der Waals surface area (Å²) >= 11 is 0. The van der Waals surface area contributed by atoms with Crippen molar-refractivity contribution in [3.05, 3.63) is 0 Å². The number of carbonyl (C=O) groups is 1. The van der Waals surface area contributed by atoms with E-state index in [1.54, 1.807) is 0 Å². The van der Waals surface area contributed by atoms with Crippen LogP contribution >= 0.6 is 0 Å². The van der Waals surface area contributed by atoms with Crippen LogP contribution in [-0.2, 0) is 14.3 Å². The lowest BCUT2D eigenvalue weighted by atomic mass is 10.1. The fraction of sp³-hybridized carbons (Fsp3) is 0.909. The zero-order valence-electron chi connectivity index (χ0n) is 8.98. The van der Waals surface area contributed by atoms with E-state index < -0.39 is 0 Å². The largest absolute Gasteiger partial charge is 0.465 e. The van der Waals surface area contributed by atoms with Gasteiger partial charge in [0.15, 0.2) is 0 Å². The maximum atomic E-state index is 11.6. The van der Waals surface area contributed by atoms with E-state index in [1.807, 2.05) is 0 Å². The molecule has 2 fully saturated rings. The second kappa shape index (κ2) is 4.94. The molecule has 1 saturated carbocycles. The minimum atomic E-state index is -0.244. The van der Waals surface area contributed by atoms with Gasteiger partial charge in [-0.05, 0) is 18.8 Å². The molecule has 15 heavy (non-hydrogen) atoms. The number of ether oxygens (including phenoxy) is 2. The first-order chi connectivity index (χ1) is 7.27. The number of hydrogen-bond donors (Lipinski definition) is 1. The molecule has 4 nitrogen and oxygen atoms in total. The Morgan fingerprint density at radius 2 is 2.07 bits per heavy atom. The summed E-state index contributed by atoms with van der Waals surface area (Å²) in [7, 11) is 0. The van der Waals surface area contributed by atoms with E-state index in [1.165, 1.54) is 25.7 Å². The number of esters is 1. The van der Waals surface area contributed by atoms with Crippen LogP contribution in [0.2, 0.25) is 0 Å². The molecule has 2 aliphatic rings. The summed E-state index contributed by atoms with van der Waals surface area (Å²) < 4.78 is 10.4. The predicted octanol–water partition coefficient (Wildman–Crippen LogP) is 0.693. The summed E-state index contributed by atoms with van der Waals surface area (Å²) in [6.45, 7) is 1.47. The molecule has 1 aliphatic carbocycles. The minimum Gasteiger partial charge on any atom is -0.465 e. The Bertz CT molecular complexity index is 226. The molecule has 0 aromatic heterocycles. The van der Waals surface area contributed by atoms with Crippen molar-refractivity contribution in [1.82, 2.24) is 0 Å². The Kier molecular flexibility index (Phi) is 3.59. The number of rotatable bonds is 3. The van der Waals surface area contributed by atoms with Crippen molar-refractivity contribution in [2.75, 3.05) is 19.8 Å². The van der Waals surface area contributed by atoms with Crippen LogP contribution in [0, 0.1) is 11.8 Å². The van der Waals surface area contributed by atoms with Crippen molar-refractivity contribution in [2.24, 2.45) is 17.6 Å². The first kappa shape index (κ1) is 10.9. The smallest absolute Gasteiger partial charge is 0.312 e. The third-order valence-corrected chi connectivity index (χ3v) is 3.36. The zero-order valence-corrected chi connectivity index (χ0v) is 8.98. The van der Waals surface area contributed by atoms with Crippen LogP contribution in [0.5, 0.6) is 0 Å². The second-order valence-electron chi connectivity index (χ2n) is 4.59. The van der Waals surface area contributed by atoms with Gasteiger partial charge in [0.1, 0.15) is 0 Å². The molecule has 1 aliphatic heterocycles. The van der Waals surface area contributed by atoms with Gasteiger partial charge >= 0.3 is 5.97 Å². The SMILES string of the molecule is NC1COCC1C(=O)OCC1CCCC1. The molecule has 2 rings (SSSR count). The highest BCUT2D eigenvalue weighted by Crippen LogP contribution is 2.25. The van der Waals surface area contributed by atoms with Gasteiger partial charge in [-0.25, -0.2) is 0 Å². The van der Waals surface area contributed by atoms with Crippen molar-refractivity contribution >= 4 is 5.97 Å². The van der Waals surface area contributed by atoms with E-state index in [0.29, 0.717) is 25.7 Å². The summed E-state index contributed by atoms with van der Waals surface area (Å²) in [6.07, 6.45) is 4.93. The van der Waals surface area contributed by atoms with Crippen molar-refractivity contribution in [3.63, 3.8) is 0 Å². The molecule has 4 heteroatoms. The Morgan fingerprint density at radius 1 is 1.33 bits per heavy atom. The van der Waals surface area contributed by atoms with Gasteiger partial charge in [0.2, 0.25) is 0 Å². The van der Waals surface area contributed by atoms with Crippen LogP contribution in [-0.4, -0.2) is 31.8 Å².